The van der Waals surface area contributed by atoms with E-state index < -0.39 is 10.0 Å². The van der Waals surface area contributed by atoms with Crippen LogP contribution in [-0.4, -0.2) is 51.6 Å². The van der Waals surface area contributed by atoms with Gasteiger partial charge in [-0.05, 0) is 43.7 Å². The third kappa shape index (κ3) is 6.01. The second-order valence-electron chi connectivity index (χ2n) is 6.50. The fourth-order valence-corrected chi connectivity index (χ4v) is 4.03. The van der Waals surface area contributed by atoms with Crippen molar-refractivity contribution < 1.29 is 17.9 Å². The van der Waals surface area contributed by atoms with E-state index in [4.69, 9.17) is 4.74 Å². The van der Waals surface area contributed by atoms with Gasteiger partial charge in [-0.1, -0.05) is 18.2 Å². The molecule has 1 N–H and O–H groups in total. The molecule has 1 saturated heterocycles. The molecule has 140 valence electrons. The number of carbonyl (C=O) groups excluding carboxylic acids is 1. The highest BCUT2D eigenvalue weighted by Crippen LogP contribution is 2.20. The first-order valence-electron chi connectivity index (χ1n) is 8.76. The Hall–Kier alpha value is -1.60. The maximum atomic E-state index is 12.2. The van der Waals surface area contributed by atoms with E-state index in [2.05, 4.69) is 11.4 Å². The lowest BCUT2D eigenvalue weighted by molar-refractivity contribution is -0.126. The molecule has 1 fully saturated rings. The predicted molar refractivity (Wildman–Crippen MR) is 98.1 cm³/mol. The number of unbranched alkanes of at least 4 members (excludes halogenated alkanes) is 1. The van der Waals surface area contributed by atoms with Gasteiger partial charge in [-0.2, -0.15) is 0 Å². The lowest BCUT2D eigenvalue weighted by Gasteiger charge is -2.29. The molecule has 1 aliphatic rings. The predicted octanol–water partition coefficient (Wildman–Crippen LogP) is 1.81. The van der Waals surface area contributed by atoms with Gasteiger partial charge >= 0.3 is 0 Å². The standard InChI is InChI=1S/C18H28N2O4S/c1-24-17-9-4-3-7-15(17)8-5-6-12-19-18(21)16-10-13-20(14-11-16)25(2,22)23/h3-4,7,9,16H,5-6,8,10-14H2,1-2H3,(H,19,21). The number of carbonyl (C=O) groups is 1. The number of piperidine rings is 1. The number of para-hydroxylation sites is 1. The van der Waals surface area contributed by atoms with Crippen molar-refractivity contribution in [3.05, 3.63) is 29.8 Å². The average molecular weight is 368 g/mol. The van der Waals surface area contributed by atoms with E-state index in [9.17, 15) is 13.2 Å². The first kappa shape index (κ1) is 19.7. The van der Waals surface area contributed by atoms with Gasteiger partial charge < -0.3 is 10.1 Å². The zero-order chi connectivity index (χ0) is 18.3. The van der Waals surface area contributed by atoms with Gasteiger partial charge in [-0.25, -0.2) is 12.7 Å². The molecule has 0 bridgehead atoms. The van der Waals surface area contributed by atoms with Crippen LogP contribution in [-0.2, 0) is 21.2 Å². The van der Waals surface area contributed by atoms with Crippen LogP contribution >= 0.6 is 0 Å². The van der Waals surface area contributed by atoms with E-state index in [-0.39, 0.29) is 11.8 Å². The number of hydrogen-bond donors (Lipinski definition) is 1. The molecular formula is C18H28N2O4S. The van der Waals surface area contributed by atoms with E-state index >= 15 is 0 Å². The van der Waals surface area contributed by atoms with E-state index in [1.54, 1.807) is 7.11 Å². The molecule has 0 saturated carbocycles. The summed E-state index contributed by atoms with van der Waals surface area (Å²) in [4.78, 5) is 12.2. The summed E-state index contributed by atoms with van der Waals surface area (Å²) >= 11 is 0. The zero-order valence-corrected chi connectivity index (χ0v) is 15.8. The Morgan fingerprint density at radius 1 is 1.24 bits per heavy atom. The number of aryl methyl sites for hydroxylation is 1. The summed E-state index contributed by atoms with van der Waals surface area (Å²) in [5.74, 6) is 0.877. The molecule has 0 radical (unpaired) electrons. The molecule has 0 spiro atoms. The van der Waals surface area contributed by atoms with Crippen LogP contribution in [0.1, 0.15) is 31.2 Å². The quantitative estimate of drug-likeness (QED) is 0.710. The van der Waals surface area contributed by atoms with Crippen LogP contribution in [0.5, 0.6) is 5.75 Å². The van der Waals surface area contributed by atoms with E-state index in [0.717, 1.165) is 25.0 Å². The largest absolute Gasteiger partial charge is 0.496 e. The van der Waals surface area contributed by atoms with Crippen molar-refractivity contribution in [2.24, 2.45) is 5.92 Å². The van der Waals surface area contributed by atoms with Gasteiger partial charge in [-0.15, -0.1) is 0 Å². The Labute approximate surface area is 150 Å². The maximum Gasteiger partial charge on any atom is 0.223 e. The van der Waals surface area contributed by atoms with E-state index in [1.807, 2.05) is 18.2 Å². The summed E-state index contributed by atoms with van der Waals surface area (Å²) in [6, 6.07) is 7.98. The van der Waals surface area contributed by atoms with Gasteiger partial charge in [0, 0.05) is 25.6 Å². The van der Waals surface area contributed by atoms with Crippen molar-refractivity contribution in [2.75, 3.05) is 33.0 Å². The molecule has 1 aromatic carbocycles. The second kappa shape index (κ2) is 9.20. The first-order chi connectivity index (χ1) is 11.9. The van der Waals surface area contributed by atoms with Crippen molar-refractivity contribution in [2.45, 2.75) is 32.1 Å². The number of ether oxygens (including phenoxy) is 1. The highest BCUT2D eigenvalue weighted by Gasteiger charge is 2.28. The third-order valence-electron chi connectivity index (χ3n) is 4.66. The van der Waals surface area contributed by atoms with Crippen molar-refractivity contribution in [1.29, 1.82) is 0 Å². The summed E-state index contributed by atoms with van der Waals surface area (Å²) in [6.07, 6.45) is 5.22. The SMILES string of the molecule is COc1ccccc1CCCCNC(=O)C1CCN(S(C)(=O)=O)CC1. The Morgan fingerprint density at radius 3 is 2.56 bits per heavy atom. The summed E-state index contributed by atoms with van der Waals surface area (Å²) in [5.41, 5.74) is 1.18. The van der Waals surface area contributed by atoms with Crippen LogP contribution in [0.15, 0.2) is 24.3 Å². The Bertz CT molecular complexity index is 667. The van der Waals surface area contributed by atoms with Gasteiger partial charge in [0.15, 0.2) is 0 Å². The normalized spacial score (nSPS) is 16.6. The molecule has 0 aromatic heterocycles. The minimum Gasteiger partial charge on any atom is -0.496 e. The van der Waals surface area contributed by atoms with Crippen LogP contribution in [0.4, 0.5) is 0 Å². The van der Waals surface area contributed by atoms with E-state index in [0.29, 0.717) is 32.5 Å². The van der Waals surface area contributed by atoms with Crippen LogP contribution in [0.3, 0.4) is 0 Å². The minimum absolute atomic E-state index is 0.0467. The number of rotatable bonds is 8. The highest BCUT2D eigenvalue weighted by atomic mass is 32.2. The number of hydrogen-bond acceptors (Lipinski definition) is 4. The number of amides is 1. The van der Waals surface area contributed by atoms with Gasteiger partial charge in [0.05, 0.1) is 13.4 Å². The number of benzene rings is 1. The first-order valence-corrected chi connectivity index (χ1v) is 10.6. The van der Waals surface area contributed by atoms with Gasteiger partial charge in [-0.3, -0.25) is 4.79 Å². The molecule has 1 aromatic rings. The van der Waals surface area contributed by atoms with Crippen LogP contribution in [0, 0.1) is 5.92 Å². The lowest BCUT2D eigenvalue weighted by atomic mass is 9.97. The fourth-order valence-electron chi connectivity index (χ4n) is 3.16. The summed E-state index contributed by atoms with van der Waals surface area (Å²) in [5, 5.41) is 2.98. The summed E-state index contributed by atoms with van der Waals surface area (Å²) in [7, 11) is -1.47. The van der Waals surface area contributed by atoms with Crippen LogP contribution in [0.2, 0.25) is 0 Å². The van der Waals surface area contributed by atoms with Crippen molar-refractivity contribution in [3.63, 3.8) is 0 Å². The molecule has 2 rings (SSSR count). The van der Waals surface area contributed by atoms with Gasteiger partial charge in [0.2, 0.25) is 15.9 Å². The van der Waals surface area contributed by atoms with Gasteiger partial charge in [0.1, 0.15) is 5.75 Å². The topological polar surface area (TPSA) is 75.7 Å². The Kier molecular flexibility index (Phi) is 7.25. The van der Waals surface area contributed by atoms with Crippen LogP contribution < -0.4 is 10.1 Å². The number of nitrogens with zero attached hydrogens (tertiary/aromatic N) is 1. The lowest BCUT2D eigenvalue weighted by Crippen LogP contribution is -2.42. The molecule has 1 heterocycles. The Morgan fingerprint density at radius 2 is 1.92 bits per heavy atom. The second-order valence-corrected chi connectivity index (χ2v) is 8.48. The average Bonchev–Trinajstić information content (AvgIpc) is 2.61. The maximum absolute atomic E-state index is 12.2. The molecule has 25 heavy (non-hydrogen) atoms. The summed E-state index contributed by atoms with van der Waals surface area (Å²) in [6.45, 7) is 1.52. The highest BCUT2D eigenvalue weighted by molar-refractivity contribution is 7.88. The molecule has 6 nitrogen and oxygen atoms in total. The van der Waals surface area contributed by atoms with Crippen molar-refractivity contribution in [3.8, 4) is 5.75 Å². The number of nitrogens with one attached hydrogen (secondary N) is 1. The molecular weight excluding hydrogens is 340 g/mol. The molecule has 0 aliphatic carbocycles. The molecule has 1 amide bonds. The molecule has 0 unspecified atom stereocenters. The van der Waals surface area contributed by atoms with Crippen molar-refractivity contribution >= 4 is 15.9 Å². The van der Waals surface area contributed by atoms with E-state index in [1.165, 1.54) is 16.1 Å². The number of methoxy groups -OCH3 is 1. The fraction of sp³-hybridized carbons (Fsp3) is 0.611. The molecule has 1 aliphatic heterocycles. The van der Waals surface area contributed by atoms with Gasteiger partial charge in [0.25, 0.3) is 0 Å². The van der Waals surface area contributed by atoms with Crippen LogP contribution in [0.25, 0.3) is 0 Å². The summed E-state index contributed by atoms with van der Waals surface area (Å²) < 4.78 is 29.8. The minimum atomic E-state index is -3.14. The smallest absolute Gasteiger partial charge is 0.223 e. The molecule has 0 atom stereocenters. The monoisotopic (exact) mass is 368 g/mol. The molecule has 7 heteroatoms. The van der Waals surface area contributed by atoms with Crippen molar-refractivity contribution in [1.82, 2.24) is 9.62 Å². The third-order valence-corrected chi connectivity index (χ3v) is 5.96. The number of sulfonamides is 1. The zero-order valence-electron chi connectivity index (χ0n) is 15.0. The Balaban J connectivity index is 1.65.